The van der Waals surface area contributed by atoms with Crippen molar-refractivity contribution < 1.29 is 4.79 Å². The van der Waals surface area contributed by atoms with Gasteiger partial charge in [-0.15, -0.1) is 0 Å². The molecule has 22 heavy (non-hydrogen) atoms. The molecule has 0 radical (unpaired) electrons. The number of carbonyl (C=O) groups is 1. The van der Waals surface area contributed by atoms with Gasteiger partial charge in [-0.1, -0.05) is 42.1 Å². The number of fused-ring (bicyclic) bond motifs is 1. The van der Waals surface area contributed by atoms with Crippen molar-refractivity contribution in [1.82, 2.24) is 15.3 Å². The Morgan fingerprint density at radius 1 is 1.14 bits per heavy atom. The summed E-state index contributed by atoms with van der Waals surface area (Å²) in [6.07, 6.45) is 1.53. The molecule has 0 saturated heterocycles. The van der Waals surface area contributed by atoms with E-state index in [0.717, 1.165) is 21.8 Å². The molecule has 1 aromatic heterocycles. The van der Waals surface area contributed by atoms with Crippen molar-refractivity contribution in [2.75, 3.05) is 0 Å². The van der Waals surface area contributed by atoms with Gasteiger partial charge < -0.3 is 10.3 Å². The van der Waals surface area contributed by atoms with E-state index in [2.05, 4.69) is 15.3 Å². The van der Waals surface area contributed by atoms with Crippen LogP contribution in [-0.2, 0) is 11.3 Å². The Balaban J connectivity index is 1.51. The molecular formula is C17H15N3OS. The first-order valence-corrected chi connectivity index (χ1v) is 7.79. The molecular weight excluding hydrogens is 294 g/mol. The lowest BCUT2D eigenvalue weighted by Gasteiger charge is -1.98. The quantitative estimate of drug-likeness (QED) is 0.560. The fourth-order valence-corrected chi connectivity index (χ4v) is 2.66. The van der Waals surface area contributed by atoms with E-state index in [1.165, 1.54) is 17.8 Å². The van der Waals surface area contributed by atoms with Gasteiger partial charge in [-0.25, -0.2) is 4.98 Å². The van der Waals surface area contributed by atoms with E-state index in [-0.39, 0.29) is 5.91 Å². The summed E-state index contributed by atoms with van der Waals surface area (Å²) < 4.78 is 0. The number of carbonyl (C=O) groups excluding carboxylic acids is 1. The number of benzene rings is 2. The van der Waals surface area contributed by atoms with E-state index < -0.39 is 0 Å². The van der Waals surface area contributed by atoms with Crippen LogP contribution in [0.3, 0.4) is 0 Å². The number of aromatic nitrogens is 2. The summed E-state index contributed by atoms with van der Waals surface area (Å²) in [5, 5.41) is 4.59. The number of rotatable bonds is 5. The normalized spacial score (nSPS) is 11.1. The molecule has 0 spiro atoms. The van der Waals surface area contributed by atoms with Crippen molar-refractivity contribution in [2.24, 2.45) is 0 Å². The third-order valence-corrected chi connectivity index (χ3v) is 3.85. The zero-order valence-electron chi connectivity index (χ0n) is 11.8. The molecule has 3 rings (SSSR count). The molecule has 5 heteroatoms. The molecule has 0 aliphatic heterocycles. The van der Waals surface area contributed by atoms with Crippen LogP contribution in [0, 0.1) is 0 Å². The van der Waals surface area contributed by atoms with Gasteiger partial charge >= 0.3 is 0 Å². The fraction of sp³-hybridized carbons (Fsp3) is 0.0588. The number of amides is 1. The minimum atomic E-state index is -0.135. The number of hydrogen-bond donors (Lipinski definition) is 2. The molecule has 0 aliphatic carbocycles. The summed E-state index contributed by atoms with van der Waals surface area (Å²) in [7, 11) is 0. The molecule has 0 saturated carbocycles. The number of thioether (sulfide) groups is 1. The monoisotopic (exact) mass is 309 g/mol. The molecule has 0 fully saturated rings. The molecule has 4 nitrogen and oxygen atoms in total. The van der Waals surface area contributed by atoms with Crippen LogP contribution in [0.25, 0.3) is 11.0 Å². The molecule has 0 bridgehead atoms. The van der Waals surface area contributed by atoms with E-state index >= 15 is 0 Å². The van der Waals surface area contributed by atoms with Gasteiger partial charge in [0.25, 0.3) is 0 Å². The lowest BCUT2D eigenvalue weighted by atomic mass is 10.3. The van der Waals surface area contributed by atoms with Crippen LogP contribution in [0.5, 0.6) is 0 Å². The second kappa shape index (κ2) is 6.95. The second-order valence-electron chi connectivity index (χ2n) is 4.65. The van der Waals surface area contributed by atoms with Crippen molar-refractivity contribution in [1.29, 1.82) is 0 Å². The predicted octanol–water partition coefficient (Wildman–Crippen LogP) is 3.49. The first-order valence-electron chi connectivity index (χ1n) is 6.91. The largest absolute Gasteiger partial charge is 0.345 e. The maximum absolute atomic E-state index is 11.8. The smallest absolute Gasteiger partial charge is 0.244 e. The van der Waals surface area contributed by atoms with Crippen LogP contribution in [0.15, 0.2) is 71.0 Å². The Kier molecular flexibility index (Phi) is 4.56. The number of nitrogens with zero attached hydrogens (tertiary/aromatic N) is 1. The molecule has 1 heterocycles. The maximum atomic E-state index is 11.8. The number of imidazole rings is 1. The van der Waals surface area contributed by atoms with Gasteiger partial charge in [0.15, 0.2) is 0 Å². The van der Waals surface area contributed by atoms with Crippen LogP contribution < -0.4 is 5.32 Å². The third-order valence-electron chi connectivity index (χ3n) is 3.04. The van der Waals surface area contributed by atoms with Crippen molar-refractivity contribution in [3.63, 3.8) is 0 Å². The minimum Gasteiger partial charge on any atom is -0.345 e. The van der Waals surface area contributed by atoms with Gasteiger partial charge in [-0.2, -0.15) is 0 Å². The molecule has 2 N–H and O–H groups in total. The van der Waals surface area contributed by atoms with E-state index in [9.17, 15) is 4.79 Å². The molecule has 2 aromatic carbocycles. The summed E-state index contributed by atoms with van der Waals surface area (Å²) in [5.41, 5.74) is 1.88. The first-order chi connectivity index (χ1) is 10.8. The van der Waals surface area contributed by atoms with E-state index in [1.807, 2.05) is 54.6 Å². The number of H-pyrrole nitrogens is 1. The molecule has 3 aromatic rings. The summed E-state index contributed by atoms with van der Waals surface area (Å²) >= 11 is 1.51. The Morgan fingerprint density at radius 3 is 2.73 bits per heavy atom. The Bertz CT molecular complexity index is 763. The van der Waals surface area contributed by atoms with Crippen LogP contribution in [0.4, 0.5) is 0 Å². The van der Waals surface area contributed by atoms with Crippen LogP contribution >= 0.6 is 11.8 Å². The standard InChI is InChI=1S/C17H15N3OS/c21-17(10-11-22-13-6-2-1-3-7-13)18-12-16-19-14-8-4-5-9-15(14)20-16/h1-11H,12H2,(H,18,21)(H,19,20)/b11-10+. The van der Waals surface area contributed by atoms with Gasteiger partial charge in [-0.3, -0.25) is 4.79 Å². The Labute approximate surface area is 132 Å². The molecule has 0 atom stereocenters. The van der Waals surface area contributed by atoms with Gasteiger partial charge in [-0.05, 0) is 29.7 Å². The zero-order valence-corrected chi connectivity index (χ0v) is 12.6. The summed E-state index contributed by atoms with van der Waals surface area (Å²) in [5.74, 6) is 0.613. The Hall–Kier alpha value is -2.53. The number of aromatic amines is 1. The van der Waals surface area contributed by atoms with Crippen molar-refractivity contribution in [2.45, 2.75) is 11.4 Å². The average molecular weight is 309 g/mol. The summed E-state index contributed by atoms with van der Waals surface area (Å²) in [6, 6.07) is 17.7. The second-order valence-corrected chi connectivity index (χ2v) is 5.63. The third kappa shape index (κ3) is 3.77. The average Bonchev–Trinajstić information content (AvgIpc) is 2.97. The van der Waals surface area contributed by atoms with E-state index in [0.29, 0.717) is 6.54 Å². The Morgan fingerprint density at radius 2 is 1.91 bits per heavy atom. The fourth-order valence-electron chi connectivity index (χ4n) is 1.99. The highest BCUT2D eigenvalue weighted by Gasteiger charge is 2.02. The van der Waals surface area contributed by atoms with Gasteiger partial charge in [0.1, 0.15) is 5.82 Å². The summed E-state index contributed by atoms with van der Waals surface area (Å²) in [4.78, 5) is 20.5. The maximum Gasteiger partial charge on any atom is 0.244 e. The lowest BCUT2D eigenvalue weighted by molar-refractivity contribution is -0.116. The number of para-hydroxylation sites is 2. The van der Waals surface area contributed by atoms with Crippen molar-refractivity contribution in [3.8, 4) is 0 Å². The highest BCUT2D eigenvalue weighted by atomic mass is 32.2. The van der Waals surface area contributed by atoms with Gasteiger partial charge in [0, 0.05) is 11.0 Å². The molecule has 0 unspecified atom stereocenters. The van der Waals surface area contributed by atoms with Crippen LogP contribution in [0.2, 0.25) is 0 Å². The highest BCUT2D eigenvalue weighted by molar-refractivity contribution is 8.02. The highest BCUT2D eigenvalue weighted by Crippen LogP contribution is 2.17. The van der Waals surface area contributed by atoms with Crippen molar-refractivity contribution in [3.05, 3.63) is 71.9 Å². The number of hydrogen-bond acceptors (Lipinski definition) is 3. The number of nitrogens with one attached hydrogen (secondary N) is 2. The zero-order chi connectivity index (χ0) is 15.2. The molecule has 110 valence electrons. The van der Waals surface area contributed by atoms with Crippen LogP contribution in [0.1, 0.15) is 5.82 Å². The predicted molar refractivity (Wildman–Crippen MR) is 89.4 cm³/mol. The van der Waals surface area contributed by atoms with E-state index in [1.54, 1.807) is 5.41 Å². The minimum absolute atomic E-state index is 0.135. The molecule has 0 aliphatic rings. The lowest BCUT2D eigenvalue weighted by Crippen LogP contribution is -2.20. The topological polar surface area (TPSA) is 57.8 Å². The first kappa shape index (κ1) is 14.4. The SMILES string of the molecule is O=C(/C=C/Sc1ccccc1)NCc1nc2ccccc2[nH]1. The van der Waals surface area contributed by atoms with Gasteiger partial charge in [0.05, 0.1) is 17.6 Å². The van der Waals surface area contributed by atoms with Crippen LogP contribution in [-0.4, -0.2) is 15.9 Å². The summed E-state index contributed by atoms with van der Waals surface area (Å²) in [6.45, 7) is 0.383. The van der Waals surface area contributed by atoms with Crippen molar-refractivity contribution >= 4 is 28.7 Å². The van der Waals surface area contributed by atoms with Gasteiger partial charge in [0.2, 0.25) is 5.91 Å². The van der Waals surface area contributed by atoms with E-state index in [4.69, 9.17) is 0 Å². The molecule has 1 amide bonds.